The molecule has 0 unspecified atom stereocenters. The zero-order chi connectivity index (χ0) is 30.9. The van der Waals surface area contributed by atoms with Gasteiger partial charge in [-0.3, -0.25) is 20.1 Å². The van der Waals surface area contributed by atoms with Crippen molar-refractivity contribution in [1.82, 2.24) is 25.2 Å². The summed E-state index contributed by atoms with van der Waals surface area (Å²) in [7, 11) is 0. The molecule has 1 aromatic heterocycles. The Bertz CT molecular complexity index is 1400. The average Bonchev–Trinajstić information content (AvgIpc) is 3.52. The largest absolute Gasteiger partial charge is 0.379 e. The predicted molar refractivity (Wildman–Crippen MR) is 169 cm³/mol. The van der Waals surface area contributed by atoms with Crippen molar-refractivity contribution in [2.24, 2.45) is 10.7 Å². The summed E-state index contributed by atoms with van der Waals surface area (Å²) in [6.07, 6.45) is 0. The van der Waals surface area contributed by atoms with E-state index in [9.17, 15) is 0 Å². The third kappa shape index (κ3) is 8.00. The smallest absolute Gasteiger partial charge is 0.253 e. The minimum Gasteiger partial charge on any atom is -0.379 e. The lowest BCUT2D eigenvalue weighted by Crippen LogP contribution is -2.52. The van der Waals surface area contributed by atoms with Crippen molar-refractivity contribution in [3.8, 4) is 11.1 Å². The topological polar surface area (TPSA) is 128 Å². The van der Waals surface area contributed by atoms with Crippen LogP contribution < -0.4 is 11.1 Å². The molecule has 2 aliphatic heterocycles. The molecule has 3 heterocycles. The molecule has 0 aliphatic carbocycles. The summed E-state index contributed by atoms with van der Waals surface area (Å²) in [6, 6.07) is 16.5. The van der Waals surface area contributed by atoms with E-state index in [4.69, 9.17) is 30.1 Å². The Morgan fingerprint density at radius 3 is 2.30 bits per heavy atom. The van der Waals surface area contributed by atoms with Crippen LogP contribution in [0.4, 0.5) is 10.3 Å². The third-order valence-electron chi connectivity index (χ3n) is 8.23. The molecular formula is C32H43FN8O3. The average molecular weight is 607 g/mol. The van der Waals surface area contributed by atoms with Gasteiger partial charge in [-0.1, -0.05) is 61.5 Å². The maximum absolute atomic E-state index is 15.3. The lowest BCUT2D eigenvalue weighted by atomic mass is 9.81. The van der Waals surface area contributed by atoms with Gasteiger partial charge >= 0.3 is 0 Å². The van der Waals surface area contributed by atoms with Crippen LogP contribution in [0.25, 0.3) is 11.1 Å². The summed E-state index contributed by atoms with van der Waals surface area (Å²) < 4.78 is 31.9. The van der Waals surface area contributed by atoms with Gasteiger partial charge in [0.1, 0.15) is 5.82 Å². The standard InChI is InChI=1S/C32H43FN8O3/c1-32(2,25-8-9-26(27(33)22-25)24-6-4-3-5-7-24)28-23-29(44-38-28)37-31(36-10-11-39-14-18-42-19-15-39)41(30(34)35)13-12-40-16-20-43-21-17-40/h3-9,22-23H,10-21H2,1-2H3,(H3,34,35)(H,36,37). The Labute approximate surface area is 258 Å². The maximum Gasteiger partial charge on any atom is 0.253 e. The van der Waals surface area contributed by atoms with Gasteiger partial charge < -0.3 is 25.0 Å². The van der Waals surface area contributed by atoms with Crippen molar-refractivity contribution >= 4 is 17.8 Å². The molecule has 0 amide bonds. The van der Waals surface area contributed by atoms with E-state index >= 15 is 4.39 Å². The SMILES string of the molecule is CC(C)(c1ccc(-c2ccccc2)c(F)c1)c1cc(/N=C(\NCCN2CCOCC2)N(CCN2CCOCC2)C(=N)N)on1. The number of nitrogens with one attached hydrogen (secondary N) is 2. The molecule has 44 heavy (non-hydrogen) atoms. The minimum absolute atomic E-state index is 0.120. The fraction of sp³-hybridized carbons (Fsp3) is 0.469. The molecule has 2 saturated heterocycles. The first-order valence-electron chi connectivity index (χ1n) is 15.2. The van der Waals surface area contributed by atoms with Crippen LogP contribution >= 0.6 is 0 Å². The van der Waals surface area contributed by atoms with Crippen LogP contribution in [0.5, 0.6) is 0 Å². The van der Waals surface area contributed by atoms with Crippen molar-refractivity contribution in [1.29, 1.82) is 5.41 Å². The number of benzene rings is 2. The summed E-state index contributed by atoms with van der Waals surface area (Å²) in [4.78, 5) is 11.0. The van der Waals surface area contributed by atoms with Crippen LogP contribution in [0.1, 0.15) is 25.1 Å². The van der Waals surface area contributed by atoms with Gasteiger partial charge in [0.15, 0.2) is 5.96 Å². The highest BCUT2D eigenvalue weighted by atomic mass is 19.1. The Morgan fingerprint density at radius 1 is 1.00 bits per heavy atom. The monoisotopic (exact) mass is 606 g/mol. The lowest BCUT2D eigenvalue weighted by Gasteiger charge is -2.31. The van der Waals surface area contributed by atoms with E-state index in [0.29, 0.717) is 50.1 Å². The fourth-order valence-corrected chi connectivity index (χ4v) is 5.37. The first-order valence-corrected chi connectivity index (χ1v) is 15.2. The predicted octanol–water partition coefficient (Wildman–Crippen LogP) is 3.24. The Kier molecular flexibility index (Phi) is 10.6. The first-order chi connectivity index (χ1) is 21.3. The zero-order valence-corrected chi connectivity index (χ0v) is 25.6. The molecular weight excluding hydrogens is 563 g/mol. The van der Waals surface area contributed by atoms with E-state index in [0.717, 1.165) is 57.1 Å². The maximum atomic E-state index is 15.3. The molecule has 4 N–H and O–H groups in total. The quantitative estimate of drug-likeness (QED) is 0.235. The van der Waals surface area contributed by atoms with Gasteiger partial charge in [0, 0.05) is 69.4 Å². The Balaban J connectivity index is 1.35. The Hall–Kier alpha value is -3.84. The van der Waals surface area contributed by atoms with Crippen LogP contribution in [-0.4, -0.2) is 111 Å². The van der Waals surface area contributed by atoms with Crippen LogP contribution in [0.2, 0.25) is 0 Å². The Morgan fingerprint density at radius 2 is 1.66 bits per heavy atom. The number of nitrogens with zero attached hydrogens (tertiary/aromatic N) is 5. The second-order valence-electron chi connectivity index (χ2n) is 11.5. The zero-order valence-electron chi connectivity index (χ0n) is 25.6. The van der Waals surface area contributed by atoms with Crippen LogP contribution in [0.3, 0.4) is 0 Å². The molecule has 2 aromatic carbocycles. The highest BCUT2D eigenvalue weighted by molar-refractivity contribution is 5.97. The number of morpholine rings is 2. The second-order valence-corrected chi connectivity index (χ2v) is 11.5. The van der Waals surface area contributed by atoms with Gasteiger partial charge in [-0.2, -0.15) is 4.99 Å². The van der Waals surface area contributed by atoms with Crippen molar-refractivity contribution in [3.05, 3.63) is 71.7 Å². The number of ether oxygens (including phenoxy) is 2. The van der Waals surface area contributed by atoms with E-state index < -0.39 is 5.41 Å². The summed E-state index contributed by atoms with van der Waals surface area (Å²) >= 11 is 0. The first kappa shape index (κ1) is 31.6. The number of rotatable bonds is 10. The van der Waals surface area contributed by atoms with Crippen molar-refractivity contribution < 1.29 is 18.4 Å². The van der Waals surface area contributed by atoms with E-state index in [1.54, 1.807) is 23.1 Å². The number of guanidine groups is 2. The van der Waals surface area contributed by atoms with Crippen molar-refractivity contribution in [2.45, 2.75) is 19.3 Å². The van der Waals surface area contributed by atoms with Crippen LogP contribution in [-0.2, 0) is 14.9 Å². The van der Waals surface area contributed by atoms with E-state index in [2.05, 4.69) is 20.3 Å². The minimum atomic E-state index is -0.659. The molecule has 11 nitrogen and oxygen atoms in total. The highest BCUT2D eigenvalue weighted by Crippen LogP contribution is 2.35. The molecule has 3 aromatic rings. The molecule has 2 aliphatic rings. The fourth-order valence-electron chi connectivity index (χ4n) is 5.37. The number of hydrogen-bond acceptors (Lipinski definition) is 8. The molecule has 12 heteroatoms. The highest BCUT2D eigenvalue weighted by Gasteiger charge is 2.29. The molecule has 0 saturated carbocycles. The molecule has 0 bridgehead atoms. The van der Waals surface area contributed by atoms with Gasteiger partial charge in [-0.25, -0.2) is 4.39 Å². The molecule has 236 valence electrons. The molecule has 0 radical (unpaired) electrons. The van der Waals surface area contributed by atoms with Gasteiger partial charge in [0.05, 0.1) is 32.1 Å². The molecule has 0 spiro atoms. The van der Waals surface area contributed by atoms with Gasteiger partial charge in [0.2, 0.25) is 5.96 Å². The van der Waals surface area contributed by atoms with Gasteiger partial charge in [0.25, 0.3) is 5.88 Å². The normalized spacial score (nSPS) is 17.0. The third-order valence-corrected chi connectivity index (χ3v) is 8.23. The molecule has 2 fully saturated rings. The van der Waals surface area contributed by atoms with E-state index in [-0.39, 0.29) is 17.7 Å². The van der Waals surface area contributed by atoms with Crippen molar-refractivity contribution in [3.63, 3.8) is 0 Å². The lowest BCUT2D eigenvalue weighted by molar-refractivity contribution is 0.0370. The number of halogens is 1. The molecule has 0 atom stereocenters. The van der Waals surface area contributed by atoms with Crippen molar-refractivity contribution in [2.75, 3.05) is 78.8 Å². The van der Waals surface area contributed by atoms with E-state index in [1.165, 1.54) is 0 Å². The summed E-state index contributed by atoms with van der Waals surface area (Å²) in [6.45, 7) is 12.7. The van der Waals surface area contributed by atoms with Gasteiger partial charge in [-0.05, 0) is 17.2 Å². The number of aliphatic imine (C=N–C) groups is 1. The summed E-state index contributed by atoms with van der Waals surface area (Å²) in [5.41, 5.74) is 8.16. The summed E-state index contributed by atoms with van der Waals surface area (Å²) in [5, 5.41) is 16.1. The molecule has 5 rings (SSSR count). The van der Waals surface area contributed by atoms with E-state index in [1.807, 2.05) is 50.2 Å². The number of nitrogens with two attached hydrogens (primary N) is 1. The second kappa shape index (κ2) is 14.8. The number of aromatic nitrogens is 1. The number of hydrogen-bond donors (Lipinski definition) is 3. The van der Waals surface area contributed by atoms with Crippen LogP contribution in [0.15, 0.2) is 64.1 Å². The van der Waals surface area contributed by atoms with Crippen LogP contribution in [0, 0.1) is 11.2 Å². The summed E-state index contributed by atoms with van der Waals surface area (Å²) in [5.74, 6) is 0.260. The van der Waals surface area contributed by atoms with Gasteiger partial charge in [-0.15, -0.1) is 0 Å².